The standard InChI is InChI=1S/C20H14N4OS/c26-20-21-17-8-4-3-7-16(17)19-22-18(23-24(19)20)12-25-15-10-9-13-5-1-2-6-14(13)11-15/h1-11H,12H2,(H,22,23). The number of benzene rings is 3. The van der Waals surface area contributed by atoms with Gasteiger partial charge >= 0.3 is 0 Å². The molecule has 0 aliphatic rings. The van der Waals surface area contributed by atoms with Crippen LogP contribution < -0.4 is 4.74 Å². The highest BCUT2D eigenvalue weighted by Gasteiger charge is 2.09. The number of hydrogen-bond donors (Lipinski definition) is 1. The molecule has 0 radical (unpaired) electrons. The summed E-state index contributed by atoms with van der Waals surface area (Å²) in [5.41, 5.74) is 1.60. The maximum Gasteiger partial charge on any atom is 0.221 e. The largest absolute Gasteiger partial charge is 0.486 e. The minimum atomic E-state index is 0.323. The van der Waals surface area contributed by atoms with Crippen LogP contribution in [0.15, 0.2) is 66.7 Å². The summed E-state index contributed by atoms with van der Waals surface area (Å²) in [5, 5.41) is 6.46. The van der Waals surface area contributed by atoms with E-state index in [1.165, 1.54) is 5.39 Å². The van der Waals surface area contributed by atoms with Gasteiger partial charge in [0.1, 0.15) is 12.4 Å². The molecular weight excluding hydrogens is 344 g/mol. The number of nitrogens with zero attached hydrogens (tertiary/aromatic N) is 3. The second-order valence-corrected chi connectivity index (χ2v) is 6.40. The molecule has 5 nitrogen and oxygen atoms in total. The third-order valence-corrected chi connectivity index (χ3v) is 4.62. The Labute approximate surface area is 153 Å². The van der Waals surface area contributed by atoms with E-state index in [2.05, 4.69) is 33.3 Å². The Hall–Kier alpha value is -3.25. The first-order chi connectivity index (χ1) is 12.8. The molecule has 126 valence electrons. The molecular formula is C20H14N4OS. The molecule has 26 heavy (non-hydrogen) atoms. The SMILES string of the molecule is S=c1nc2ccccc2c2nc(COc3ccc4ccccc4c3)[nH]n12. The van der Waals surface area contributed by atoms with Gasteiger partial charge in [-0.3, -0.25) is 5.10 Å². The quantitative estimate of drug-likeness (QED) is 0.476. The van der Waals surface area contributed by atoms with Crippen LogP contribution in [-0.2, 0) is 6.61 Å². The lowest BCUT2D eigenvalue weighted by atomic mass is 10.1. The lowest BCUT2D eigenvalue weighted by Gasteiger charge is -2.05. The normalized spacial score (nSPS) is 11.4. The summed E-state index contributed by atoms with van der Waals surface area (Å²) in [7, 11) is 0. The average molecular weight is 358 g/mol. The second kappa shape index (κ2) is 5.93. The fourth-order valence-corrected chi connectivity index (χ4v) is 3.32. The van der Waals surface area contributed by atoms with Crippen molar-refractivity contribution in [3.05, 3.63) is 77.3 Å². The van der Waals surface area contributed by atoms with Gasteiger partial charge in [-0.1, -0.05) is 42.5 Å². The van der Waals surface area contributed by atoms with E-state index in [4.69, 9.17) is 17.0 Å². The molecule has 2 aromatic heterocycles. The Morgan fingerprint density at radius 3 is 2.65 bits per heavy atom. The molecule has 2 heterocycles. The molecule has 1 N–H and O–H groups in total. The van der Waals surface area contributed by atoms with Gasteiger partial charge in [0.15, 0.2) is 11.5 Å². The van der Waals surface area contributed by atoms with Crippen molar-refractivity contribution in [2.75, 3.05) is 0 Å². The van der Waals surface area contributed by atoms with Crippen molar-refractivity contribution < 1.29 is 4.74 Å². The van der Waals surface area contributed by atoms with Gasteiger partial charge in [-0.15, -0.1) is 0 Å². The first-order valence-electron chi connectivity index (χ1n) is 8.26. The van der Waals surface area contributed by atoms with Crippen LogP contribution in [-0.4, -0.2) is 19.6 Å². The van der Waals surface area contributed by atoms with Gasteiger partial charge in [0.05, 0.1) is 5.52 Å². The Balaban J connectivity index is 1.50. The molecule has 0 unspecified atom stereocenters. The molecule has 5 rings (SSSR count). The maximum atomic E-state index is 5.92. The van der Waals surface area contributed by atoms with E-state index in [1.807, 2.05) is 48.5 Å². The summed E-state index contributed by atoms with van der Waals surface area (Å²) < 4.78 is 8.09. The van der Waals surface area contributed by atoms with E-state index < -0.39 is 0 Å². The minimum Gasteiger partial charge on any atom is -0.486 e. The smallest absolute Gasteiger partial charge is 0.221 e. The molecule has 0 spiro atoms. The van der Waals surface area contributed by atoms with Crippen molar-refractivity contribution in [1.29, 1.82) is 0 Å². The van der Waals surface area contributed by atoms with E-state index in [0.29, 0.717) is 17.2 Å². The average Bonchev–Trinajstić information content (AvgIpc) is 3.12. The van der Waals surface area contributed by atoms with E-state index in [9.17, 15) is 0 Å². The van der Waals surface area contributed by atoms with Crippen LogP contribution in [0.3, 0.4) is 0 Å². The maximum absolute atomic E-state index is 5.92. The van der Waals surface area contributed by atoms with Gasteiger partial charge in [0, 0.05) is 5.39 Å². The lowest BCUT2D eigenvalue weighted by molar-refractivity contribution is 0.296. The van der Waals surface area contributed by atoms with E-state index in [0.717, 1.165) is 27.7 Å². The number of para-hydroxylation sites is 1. The Kier molecular flexibility index (Phi) is 3.43. The molecule has 0 atom stereocenters. The van der Waals surface area contributed by atoms with E-state index in [1.54, 1.807) is 4.52 Å². The predicted octanol–water partition coefficient (Wildman–Crippen LogP) is 4.67. The summed E-state index contributed by atoms with van der Waals surface area (Å²) in [6, 6.07) is 22.1. The third-order valence-electron chi connectivity index (χ3n) is 4.34. The Morgan fingerprint density at radius 2 is 1.73 bits per heavy atom. The summed E-state index contributed by atoms with van der Waals surface area (Å²) in [6.45, 7) is 0.323. The molecule has 0 saturated heterocycles. The fourth-order valence-electron chi connectivity index (χ4n) is 3.09. The highest BCUT2D eigenvalue weighted by Crippen LogP contribution is 2.22. The summed E-state index contributed by atoms with van der Waals surface area (Å²) in [5.74, 6) is 1.50. The first-order valence-corrected chi connectivity index (χ1v) is 8.67. The zero-order chi connectivity index (χ0) is 17.5. The van der Waals surface area contributed by atoms with Crippen molar-refractivity contribution >= 4 is 39.5 Å². The first kappa shape index (κ1) is 15.0. The molecule has 0 aliphatic heterocycles. The number of nitrogens with one attached hydrogen (secondary N) is 1. The summed E-state index contributed by atoms with van der Waals surface area (Å²) in [4.78, 5) is 9.09. The van der Waals surface area contributed by atoms with Gasteiger partial charge in [-0.05, 0) is 47.3 Å². The minimum absolute atomic E-state index is 0.323. The topological polar surface area (TPSA) is 55.2 Å². The van der Waals surface area contributed by atoms with Gasteiger partial charge in [-0.25, -0.2) is 14.5 Å². The van der Waals surface area contributed by atoms with Gasteiger partial charge in [-0.2, -0.15) is 0 Å². The molecule has 0 aliphatic carbocycles. The summed E-state index contributed by atoms with van der Waals surface area (Å²) >= 11 is 5.36. The van der Waals surface area contributed by atoms with Gasteiger partial charge < -0.3 is 4.74 Å². The monoisotopic (exact) mass is 358 g/mol. The highest BCUT2D eigenvalue weighted by atomic mass is 32.1. The van der Waals surface area contributed by atoms with Crippen LogP contribution >= 0.6 is 12.2 Å². The Morgan fingerprint density at radius 1 is 0.923 bits per heavy atom. The van der Waals surface area contributed by atoms with Crippen molar-refractivity contribution in [3.63, 3.8) is 0 Å². The molecule has 0 fully saturated rings. The molecule has 6 heteroatoms. The lowest BCUT2D eigenvalue weighted by Crippen LogP contribution is -1.98. The molecule has 0 bridgehead atoms. The van der Waals surface area contributed by atoms with E-state index in [-0.39, 0.29) is 0 Å². The van der Waals surface area contributed by atoms with Crippen molar-refractivity contribution in [3.8, 4) is 5.75 Å². The molecule has 0 amide bonds. The predicted molar refractivity (Wildman–Crippen MR) is 104 cm³/mol. The Bertz CT molecular complexity index is 1320. The van der Waals surface area contributed by atoms with Crippen LogP contribution in [0.1, 0.15) is 5.82 Å². The van der Waals surface area contributed by atoms with Gasteiger partial charge in [0.2, 0.25) is 4.77 Å². The highest BCUT2D eigenvalue weighted by molar-refractivity contribution is 7.71. The zero-order valence-corrected chi connectivity index (χ0v) is 14.5. The second-order valence-electron chi connectivity index (χ2n) is 6.04. The number of H-pyrrole nitrogens is 1. The zero-order valence-electron chi connectivity index (χ0n) is 13.7. The van der Waals surface area contributed by atoms with Crippen LogP contribution in [0.4, 0.5) is 0 Å². The van der Waals surface area contributed by atoms with Crippen LogP contribution in [0.2, 0.25) is 0 Å². The fraction of sp³-hybridized carbons (Fsp3) is 0.0500. The number of aromatic nitrogens is 4. The van der Waals surface area contributed by atoms with Crippen molar-refractivity contribution in [2.45, 2.75) is 6.61 Å². The summed E-state index contributed by atoms with van der Waals surface area (Å²) in [6.07, 6.45) is 0. The molecule has 3 aromatic carbocycles. The third kappa shape index (κ3) is 2.51. The van der Waals surface area contributed by atoms with Crippen molar-refractivity contribution in [1.82, 2.24) is 19.6 Å². The number of aromatic amines is 1. The van der Waals surface area contributed by atoms with E-state index >= 15 is 0 Å². The molecule has 5 aromatic rings. The number of rotatable bonds is 3. The van der Waals surface area contributed by atoms with Crippen LogP contribution in [0.5, 0.6) is 5.75 Å². The van der Waals surface area contributed by atoms with Gasteiger partial charge in [0.25, 0.3) is 0 Å². The number of fused-ring (bicyclic) bond motifs is 4. The van der Waals surface area contributed by atoms with Crippen LogP contribution in [0, 0.1) is 4.77 Å². The van der Waals surface area contributed by atoms with Crippen LogP contribution in [0.25, 0.3) is 27.3 Å². The number of ether oxygens (including phenoxy) is 1. The number of hydrogen-bond acceptors (Lipinski definition) is 4. The van der Waals surface area contributed by atoms with Crippen molar-refractivity contribution in [2.24, 2.45) is 0 Å². The molecule has 0 saturated carbocycles.